The Kier molecular flexibility index (Phi) is 6.06. The Morgan fingerprint density at radius 2 is 2.19 bits per heavy atom. The number of nitrogens with one attached hydrogen (secondary N) is 1. The van der Waals surface area contributed by atoms with Gasteiger partial charge in [-0.05, 0) is 28.5 Å². The van der Waals surface area contributed by atoms with Crippen molar-refractivity contribution in [1.29, 1.82) is 0 Å². The summed E-state index contributed by atoms with van der Waals surface area (Å²) in [7, 11) is 1.75. The maximum atomic E-state index is 5.53. The second-order valence-electron chi connectivity index (χ2n) is 5.06. The van der Waals surface area contributed by atoms with Crippen LogP contribution in [0.1, 0.15) is 17.2 Å². The number of rotatable bonds is 4. The van der Waals surface area contributed by atoms with Crippen molar-refractivity contribution in [2.24, 2.45) is 0 Å². The van der Waals surface area contributed by atoms with E-state index < -0.39 is 0 Å². The van der Waals surface area contributed by atoms with E-state index in [1.54, 1.807) is 18.4 Å². The lowest BCUT2D eigenvalue weighted by molar-refractivity contribution is 0.151. The van der Waals surface area contributed by atoms with Gasteiger partial charge in [-0.3, -0.25) is 4.90 Å². The molecule has 0 spiro atoms. The number of halogens is 1. The summed E-state index contributed by atoms with van der Waals surface area (Å²) in [5.74, 6) is 0.983. The Bertz CT molecular complexity index is 547. The van der Waals surface area contributed by atoms with Crippen LogP contribution < -0.4 is 10.1 Å². The molecule has 1 aromatic carbocycles. The summed E-state index contributed by atoms with van der Waals surface area (Å²) in [5.41, 5.74) is 2.68. The molecule has 2 aromatic rings. The molecule has 1 aliphatic rings. The van der Waals surface area contributed by atoms with Crippen molar-refractivity contribution in [3.05, 3.63) is 52.2 Å². The molecule has 1 aliphatic heterocycles. The first kappa shape index (κ1) is 16.3. The molecule has 21 heavy (non-hydrogen) atoms. The van der Waals surface area contributed by atoms with Crippen LogP contribution in [0.3, 0.4) is 0 Å². The van der Waals surface area contributed by atoms with Gasteiger partial charge in [-0.25, -0.2) is 0 Å². The van der Waals surface area contributed by atoms with Crippen LogP contribution in [0.2, 0.25) is 0 Å². The van der Waals surface area contributed by atoms with E-state index in [1.165, 1.54) is 11.1 Å². The standard InChI is InChI=1S/C16H20N2OS.ClH/c1-19-16-5-3-2-4-14(16)15-10-17-7-8-18(15)11-13-6-9-20-12-13;/h2-6,9,12,15,17H,7-8,10-11H2,1H3;1H. The fourth-order valence-corrected chi connectivity index (χ4v) is 3.46. The number of hydrogen-bond donors (Lipinski definition) is 1. The smallest absolute Gasteiger partial charge is 0.123 e. The minimum atomic E-state index is 0. The molecular formula is C16H21ClN2OS. The van der Waals surface area contributed by atoms with E-state index in [-0.39, 0.29) is 12.4 Å². The van der Waals surface area contributed by atoms with Crippen LogP contribution in [0.4, 0.5) is 0 Å². The topological polar surface area (TPSA) is 24.5 Å². The quantitative estimate of drug-likeness (QED) is 0.933. The molecule has 1 saturated heterocycles. The van der Waals surface area contributed by atoms with Gasteiger partial charge in [-0.15, -0.1) is 12.4 Å². The first-order valence-electron chi connectivity index (χ1n) is 6.97. The summed E-state index contributed by atoms with van der Waals surface area (Å²) in [6, 6.07) is 10.9. The van der Waals surface area contributed by atoms with E-state index >= 15 is 0 Å². The second kappa shape index (κ2) is 7.80. The lowest BCUT2D eigenvalue weighted by Crippen LogP contribution is -2.45. The van der Waals surface area contributed by atoms with Crippen molar-refractivity contribution in [2.45, 2.75) is 12.6 Å². The van der Waals surface area contributed by atoms with Crippen LogP contribution in [-0.4, -0.2) is 31.6 Å². The molecular weight excluding hydrogens is 304 g/mol. The molecule has 0 aliphatic carbocycles. The van der Waals surface area contributed by atoms with E-state index in [0.29, 0.717) is 6.04 Å². The summed E-state index contributed by atoms with van der Waals surface area (Å²) in [5, 5.41) is 7.89. The van der Waals surface area contributed by atoms with Gasteiger partial charge in [0.15, 0.2) is 0 Å². The van der Waals surface area contributed by atoms with E-state index in [2.05, 4.69) is 39.2 Å². The van der Waals surface area contributed by atoms with Gasteiger partial charge in [0.2, 0.25) is 0 Å². The van der Waals surface area contributed by atoms with Crippen LogP contribution in [0.5, 0.6) is 5.75 Å². The van der Waals surface area contributed by atoms with Gasteiger partial charge in [0.05, 0.1) is 13.2 Å². The minimum Gasteiger partial charge on any atom is -0.496 e. The Hall–Kier alpha value is -1.07. The third-order valence-corrected chi connectivity index (χ3v) is 4.55. The zero-order chi connectivity index (χ0) is 13.8. The van der Waals surface area contributed by atoms with Crippen molar-refractivity contribution in [1.82, 2.24) is 10.2 Å². The molecule has 1 aromatic heterocycles. The van der Waals surface area contributed by atoms with Crippen LogP contribution >= 0.6 is 23.7 Å². The van der Waals surface area contributed by atoms with Gasteiger partial charge in [0.1, 0.15) is 5.75 Å². The molecule has 0 bridgehead atoms. The second-order valence-corrected chi connectivity index (χ2v) is 5.84. The largest absolute Gasteiger partial charge is 0.496 e. The first-order chi connectivity index (χ1) is 9.88. The molecule has 1 fully saturated rings. The van der Waals surface area contributed by atoms with E-state index in [0.717, 1.165) is 31.9 Å². The number of nitrogens with zero attached hydrogens (tertiary/aromatic N) is 1. The maximum Gasteiger partial charge on any atom is 0.123 e. The van der Waals surface area contributed by atoms with E-state index in [1.807, 2.05) is 12.1 Å². The molecule has 114 valence electrons. The molecule has 1 unspecified atom stereocenters. The van der Waals surface area contributed by atoms with Gasteiger partial charge in [-0.2, -0.15) is 11.3 Å². The fourth-order valence-electron chi connectivity index (χ4n) is 2.80. The SMILES string of the molecule is COc1ccccc1C1CNCCN1Cc1ccsc1.Cl. The van der Waals surface area contributed by atoms with Gasteiger partial charge >= 0.3 is 0 Å². The highest BCUT2D eigenvalue weighted by molar-refractivity contribution is 7.07. The normalized spacial score (nSPS) is 19.0. The molecule has 3 nitrogen and oxygen atoms in total. The predicted octanol–water partition coefficient (Wildman–Crippen LogP) is 3.33. The van der Waals surface area contributed by atoms with Gasteiger partial charge in [0, 0.05) is 31.7 Å². The average molecular weight is 325 g/mol. The third kappa shape index (κ3) is 3.77. The fraction of sp³-hybridized carbons (Fsp3) is 0.375. The van der Waals surface area contributed by atoms with Crippen molar-refractivity contribution in [3.63, 3.8) is 0 Å². The highest BCUT2D eigenvalue weighted by atomic mass is 35.5. The highest BCUT2D eigenvalue weighted by Gasteiger charge is 2.26. The summed E-state index contributed by atoms with van der Waals surface area (Å²) < 4.78 is 5.53. The summed E-state index contributed by atoms with van der Waals surface area (Å²) in [4.78, 5) is 2.54. The predicted molar refractivity (Wildman–Crippen MR) is 90.6 cm³/mol. The number of hydrogen-bond acceptors (Lipinski definition) is 4. The number of thiophene rings is 1. The highest BCUT2D eigenvalue weighted by Crippen LogP contribution is 2.31. The van der Waals surface area contributed by atoms with Crippen molar-refractivity contribution >= 4 is 23.7 Å². The van der Waals surface area contributed by atoms with Crippen molar-refractivity contribution in [2.75, 3.05) is 26.7 Å². The van der Waals surface area contributed by atoms with Gasteiger partial charge < -0.3 is 10.1 Å². The molecule has 1 atom stereocenters. The molecule has 3 rings (SSSR count). The zero-order valence-corrected chi connectivity index (χ0v) is 13.8. The van der Waals surface area contributed by atoms with Crippen molar-refractivity contribution in [3.8, 4) is 5.75 Å². The third-order valence-electron chi connectivity index (χ3n) is 3.82. The van der Waals surface area contributed by atoms with Crippen LogP contribution in [0.25, 0.3) is 0 Å². The van der Waals surface area contributed by atoms with Crippen molar-refractivity contribution < 1.29 is 4.74 Å². The molecule has 0 amide bonds. The molecule has 0 saturated carbocycles. The molecule has 5 heteroatoms. The van der Waals surface area contributed by atoms with E-state index in [9.17, 15) is 0 Å². The zero-order valence-electron chi connectivity index (χ0n) is 12.1. The maximum absolute atomic E-state index is 5.53. The van der Waals surface area contributed by atoms with Gasteiger partial charge in [-0.1, -0.05) is 18.2 Å². The lowest BCUT2D eigenvalue weighted by atomic mass is 10.0. The average Bonchev–Trinajstić information content (AvgIpc) is 3.01. The lowest BCUT2D eigenvalue weighted by Gasteiger charge is -2.36. The number of benzene rings is 1. The Labute approximate surface area is 136 Å². The number of ether oxygens (including phenoxy) is 1. The number of piperazine rings is 1. The Morgan fingerprint density at radius 1 is 1.33 bits per heavy atom. The Morgan fingerprint density at radius 3 is 2.95 bits per heavy atom. The summed E-state index contributed by atoms with van der Waals surface area (Å²) in [6.45, 7) is 4.10. The Balaban J connectivity index is 0.00000161. The molecule has 0 radical (unpaired) electrons. The minimum absolute atomic E-state index is 0. The summed E-state index contributed by atoms with van der Waals surface area (Å²) in [6.07, 6.45) is 0. The number of methoxy groups -OCH3 is 1. The molecule has 2 heterocycles. The van der Waals surface area contributed by atoms with Crippen LogP contribution in [-0.2, 0) is 6.54 Å². The molecule has 1 N–H and O–H groups in total. The van der Waals surface area contributed by atoms with Gasteiger partial charge in [0.25, 0.3) is 0 Å². The first-order valence-corrected chi connectivity index (χ1v) is 7.91. The van der Waals surface area contributed by atoms with Crippen LogP contribution in [0, 0.1) is 0 Å². The van der Waals surface area contributed by atoms with Crippen LogP contribution in [0.15, 0.2) is 41.1 Å². The number of para-hydroxylation sites is 1. The van der Waals surface area contributed by atoms with E-state index in [4.69, 9.17) is 4.74 Å². The summed E-state index contributed by atoms with van der Waals surface area (Å²) >= 11 is 1.77. The monoisotopic (exact) mass is 324 g/mol.